The van der Waals surface area contributed by atoms with E-state index < -0.39 is 17.3 Å². The van der Waals surface area contributed by atoms with Gasteiger partial charge in [-0.05, 0) is 6.07 Å². The molecule has 2 rings (SSSR count). The van der Waals surface area contributed by atoms with Gasteiger partial charge in [0.05, 0.1) is 0 Å². The van der Waals surface area contributed by atoms with E-state index in [1.54, 1.807) is 0 Å². The van der Waals surface area contributed by atoms with Crippen molar-refractivity contribution in [2.45, 2.75) is 13.2 Å². The van der Waals surface area contributed by atoms with Gasteiger partial charge in [-0.3, -0.25) is 14.9 Å². The second kappa shape index (κ2) is 6.35. The smallest absolute Gasteiger partial charge is 0.251 e. The second-order valence-electron chi connectivity index (χ2n) is 3.80. The Morgan fingerprint density at radius 2 is 2.30 bits per heavy atom. The van der Waals surface area contributed by atoms with E-state index in [9.17, 15) is 14.0 Å². The van der Waals surface area contributed by atoms with Crippen molar-refractivity contribution >= 4 is 22.4 Å². The minimum atomic E-state index is -0.587. The summed E-state index contributed by atoms with van der Waals surface area (Å²) in [4.78, 5) is 23.1. The van der Waals surface area contributed by atoms with Crippen LogP contribution in [0, 0.1) is 5.82 Å². The van der Waals surface area contributed by atoms with Gasteiger partial charge in [0.15, 0.2) is 0 Å². The van der Waals surface area contributed by atoms with Crippen molar-refractivity contribution in [1.82, 2.24) is 14.8 Å². The highest BCUT2D eigenvalue weighted by Crippen LogP contribution is 2.15. The quantitative estimate of drug-likeness (QED) is 0.874. The lowest BCUT2D eigenvalue weighted by molar-refractivity contribution is -0.116. The fraction of sp³-hybridized carbons (Fsp3) is 0.273. The van der Waals surface area contributed by atoms with Crippen molar-refractivity contribution in [2.75, 3.05) is 12.4 Å². The van der Waals surface area contributed by atoms with Crippen molar-refractivity contribution in [2.24, 2.45) is 0 Å². The van der Waals surface area contributed by atoms with Gasteiger partial charge in [-0.15, -0.1) is 10.2 Å². The number of nitrogens with one attached hydrogen (secondary N) is 1. The Hall–Kier alpha value is -2.13. The van der Waals surface area contributed by atoms with Crippen LogP contribution in [-0.4, -0.2) is 27.8 Å². The number of halogens is 1. The molecule has 0 radical (unpaired) electrons. The lowest BCUT2D eigenvalue weighted by Crippen LogP contribution is -2.27. The number of amides is 1. The molecule has 0 fully saturated rings. The average molecular weight is 298 g/mol. The highest BCUT2D eigenvalue weighted by molar-refractivity contribution is 7.15. The van der Waals surface area contributed by atoms with Gasteiger partial charge in [0, 0.05) is 19.4 Å². The average Bonchev–Trinajstić information content (AvgIpc) is 2.81. The molecule has 2 aromatic heterocycles. The molecule has 9 heteroatoms. The summed E-state index contributed by atoms with van der Waals surface area (Å²) < 4.78 is 18.8. The molecule has 0 saturated carbocycles. The zero-order valence-corrected chi connectivity index (χ0v) is 11.3. The number of rotatable bonds is 5. The van der Waals surface area contributed by atoms with Crippen LogP contribution in [0.25, 0.3) is 0 Å². The molecule has 0 unspecified atom stereocenters. The number of pyridine rings is 1. The SMILES string of the molecule is COCc1nnc(NC(=O)Cn2cc(F)ccc2=O)s1. The zero-order valence-electron chi connectivity index (χ0n) is 10.5. The zero-order chi connectivity index (χ0) is 14.5. The van der Waals surface area contributed by atoms with Crippen molar-refractivity contribution in [3.05, 3.63) is 39.5 Å². The molecule has 0 aliphatic rings. The molecule has 20 heavy (non-hydrogen) atoms. The van der Waals surface area contributed by atoms with Crippen LogP contribution in [0.3, 0.4) is 0 Å². The number of methoxy groups -OCH3 is 1. The molecule has 2 aromatic rings. The van der Waals surface area contributed by atoms with Crippen molar-refractivity contribution in [1.29, 1.82) is 0 Å². The summed E-state index contributed by atoms with van der Waals surface area (Å²) in [7, 11) is 1.52. The largest absolute Gasteiger partial charge is 0.377 e. The molecule has 1 amide bonds. The van der Waals surface area contributed by atoms with Crippen molar-refractivity contribution in [3.63, 3.8) is 0 Å². The van der Waals surface area contributed by atoms with E-state index in [0.29, 0.717) is 16.7 Å². The summed E-state index contributed by atoms with van der Waals surface area (Å²) in [6.45, 7) is 0.00662. The lowest BCUT2D eigenvalue weighted by atomic mass is 10.4. The first-order chi connectivity index (χ1) is 9.58. The summed E-state index contributed by atoms with van der Waals surface area (Å²) in [6.07, 6.45) is 0.971. The van der Waals surface area contributed by atoms with Crippen LogP contribution in [-0.2, 0) is 22.7 Å². The van der Waals surface area contributed by atoms with E-state index in [4.69, 9.17) is 4.74 Å². The molecule has 0 aliphatic carbocycles. The molecular formula is C11H11FN4O3S. The molecule has 0 bridgehead atoms. The fourth-order valence-electron chi connectivity index (χ4n) is 1.43. The van der Waals surface area contributed by atoms with Gasteiger partial charge in [-0.25, -0.2) is 4.39 Å². The Balaban J connectivity index is 2.01. The highest BCUT2D eigenvalue weighted by Gasteiger charge is 2.09. The molecule has 0 atom stereocenters. The predicted octanol–water partition coefficient (Wildman–Crippen LogP) is 0.624. The Labute approximate surface area is 117 Å². The van der Waals surface area contributed by atoms with E-state index in [0.717, 1.165) is 34.2 Å². The topological polar surface area (TPSA) is 86.1 Å². The van der Waals surface area contributed by atoms with Crippen LogP contribution in [0.5, 0.6) is 0 Å². The van der Waals surface area contributed by atoms with Crippen LogP contribution in [0.15, 0.2) is 23.1 Å². The molecule has 0 saturated heterocycles. The third-order valence-corrected chi connectivity index (χ3v) is 3.05. The van der Waals surface area contributed by atoms with Gasteiger partial charge < -0.3 is 9.30 Å². The van der Waals surface area contributed by atoms with Gasteiger partial charge in [-0.2, -0.15) is 0 Å². The number of aromatic nitrogens is 3. The monoisotopic (exact) mass is 298 g/mol. The summed E-state index contributed by atoms with van der Waals surface area (Å²) >= 11 is 1.16. The Kier molecular flexibility index (Phi) is 4.53. The molecular weight excluding hydrogens is 287 g/mol. The second-order valence-corrected chi connectivity index (χ2v) is 4.86. The number of hydrogen-bond donors (Lipinski definition) is 1. The number of hydrogen-bond acceptors (Lipinski definition) is 6. The molecule has 2 heterocycles. The summed E-state index contributed by atoms with van der Waals surface area (Å²) in [6, 6.07) is 2.10. The molecule has 106 valence electrons. The maximum Gasteiger partial charge on any atom is 0.251 e. The lowest BCUT2D eigenvalue weighted by Gasteiger charge is -2.04. The van der Waals surface area contributed by atoms with E-state index in [1.165, 1.54) is 7.11 Å². The Morgan fingerprint density at radius 3 is 3.05 bits per heavy atom. The molecule has 0 aliphatic heterocycles. The van der Waals surface area contributed by atoms with Crippen LogP contribution in [0.1, 0.15) is 5.01 Å². The first-order valence-corrected chi connectivity index (χ1v) is 6.37. The van der Waals surface area contributed by atoms with Crippen LogP contribution in [0.2, 0.25) is 0 Å². The first kappa shape index (κ1) is 14.3. The highest BCUT2D eigenvalue weighted by atomic mass is 32.1. The number of nitrogens with zero attached hydrogens (tertiary/aromatic N) is 3. The maximum atomic E-state index is 13.0. The van der Waals surface area contributed by atoms with E-state index >= 15 is 0 Å². The number of carbonyl (C=O) groups excluding carboxylic acids is 1. The minimum absolute atomic E-state index is 0.296. The molecule has 0 spiro atoms. The standard InChI is InChI=1S/C11H11FN4O3S/c1-19-6-9-14-15-11(20-9)13-8(17)5-16-4-7(12)2-3-10(16)18/h2-4H,5-6H2,1H3,(H,13,15,17). The van der Waals surface area contributed by atoms with Crippen molar-refractivity contribution < 1.29 is 13.9 Å². The fourth-order valence-corrected chi connectivity index (χ4v) is 2.15. The first-order valence-electron chi connectivity index (χ1n) is 5.55. The molecule has 7 nitrogen and oxygen atoms in total. The third-order valence-electron chi connectivity index (χ3n) is 2.24. The van der Waals surface area contributed by atoms with Crippen LogP contribution in [0.4, 0.5) is 9.52 Å². The van der Waals surface area contributed by atoms with Gasteiger partial charge in [0.1, 0.15) is 24.0 Å². The summed E-state index contributed by atoms with van der Waals surface area (Å²) in [5, 5.41) is 10.9. The number of carbonyl (C=O) groups is 1. The van der Waals surface area contributed by atoms with E-state index in [-0.39, 0.29) is 6.54 Å². The number of ether oxygens (including phenoxy) is 1. The predicted molar refractivity (Wildman–Crippen MR) is 69.9 cm³/mol. The van der Waals surface area contributed by atoms with Gasteiger partial charge in [0.2, 0.25) is 11.0 Å². The minimum Gasteiger partial charge on any atom is -0.377 e. The molecule has 1 N–H and O–H groups in total. The van der Waals surface area contributed by atoms with Crippen LogP contribution < -0.4 is 10.9 Å². The normalized spacial score (nSPS) is 10.5. The van der Waals surface area contributed by atoms with E-state index in [2.05, 4.69) is 15.5 Å². The maximum absolute atomic E-state index is 13.0. The van der Waals surface area contributed by atoms with Gasteiger partial charge >= 0.3 is 0 Å². The Morgan fingerprint density at radius 1 is 1.50 bits per heavy atom. The van der Waals surface area contributed by atoms with Gasteiger partial charge in [-0.1, -0.05) is 11.3 Å². The molecule has 0 aromatic carbocycles. The third kappa shape index (κ3) is 3.68. The Bertz CT molecular complexity index is 670. The number of anilines is 1. The van der Waals surface area contributed by atoms with Crippen LogP contribution >= 0.6 is 11.3 Å². The summed E-state index contributed by atoms with van der Waals surface area (Å²) in [5.74, 6) is -1.08. The van der Waals surface area contributed by atoms with Gasteiger partial charge in [0.25, 0.3) is 5.56 Å². The van der Waals surface area contributed by atoms with E-state index in [1.807, 2.05) is 0 Å². The van der Waals surface area contributed by atoms with Crippen molar-refractivity contribution in [3.8, 4) is 0 Å². The summed E-state index contributed by atoms with van der Waals surface area (Å²) in [5.41, 5.74) is -0.459.